The predicted molar refractivity (Wildman–Crippen MR) is 106 cm³/mol. The molecule has 0 radical (unpaired) electrons. The fourth-order valence-corrected chi connectivity index (χ4v) is 4.47. The smallest absolute Gasteiger partial charge is 0.296 e. The number of amides is 1. The molecule has 0 spiro atoms. The largest absolute Gasteiger partial charge is 0.503 e. The van der Waals surface area contributed by atoms with Crippen molar-refractivity contribution < 1.29 is 19.6 Å². The van der Waals surface area contributed by atoms with Crippen LogP contribution in [0.3, 0.4) is 0 Å². The van der Waals surface area contributed by atoms with E-state index in [9.17, 15) is 24.8 Å². The highest BCUT2D eigenvalue weighted by Crippen LogP contribution is 2.43. The van der Waals surface area contributed by atoms with Gasteiger partial charge in [0.15, 0.2) is 5.76 Å². The number of carbonyl (C=O) groups excluding carboxylic acids is 2. The number of aromatic nitrogens is 2. The molecule has 1 N–H and O–H groups in total. The molecule has 0 unspecified atom stereocenters. The molecule has 0 fully saturated rings. The number of nitro groups is 1. The summed E-state index contributed by atoms with van der Waals surface area (Å²) in [6, 6.07) is 7.81. The van der Waals surface area contributed by atoms with E-state index < -0.39 is 28.4 Å². The average molecular weight is 428 g/mol. The number of nitro benzene ring substituents is 1. The maximum absolute atomic E-state index is 13.1. The van der Waals surface area contributed by atoms with Gasteiger partial charge in [0.05, 0.1) is 21.4 Å². The Morgan fingerprint density at radius 2 is 2.07 bits per heavy atom. The second-order valence-corrected chi connectivity index (χ2v) is 8.21. The van der Waals surface area contributed by atoms with Crippen molar-refractivity contribution in [3.05, 3.63) is 78.7 Å². The first-order valence-corrected chi connectivity index (χ1v) is 9.97. The number of hydrogen-bond acceptors (Lipinski definition) is 9. The molecule has 0 bridgehead atoms. The summed E-state index contributed by atoms with van der Waals surface area (Å²) in [6.45, 7) is 1.70. The zero-order valence-electron chi connectivity index (χ0n) is 14.8. The lowest BCUT2D eigenvalue weighted by Gasteiger charge is -2.23. The molecule has 1 amide bonds. The Hall–Kier alpha value is -3.44. The number of anilines is 1. The third-order valence-corrected chi connectivity index (χ3v) is 6.02. The number of rotatable bonds is 5. The van der Waals surface area contributed by atoms with Gasteiger partial charge in [-0.3, -0.25) is 24.6 Å². The van der Waals surface area contributed by atoms with Crippen molar-refractivity contribution in [3.8, 4) is 0 Å². The van der Waals surface area contributed by atoms with Crippen LogP contribution >= 0.6 is 22.7 Å². The molecule has 0 saturated heterocycles. The van der Waals surface area contributed by atoms with Crippen LogP contribution in [-0.2, 0) is 4.79 Å². The van der Waals surface area contributed by atoms with Gasteiger partial charge in [0, 0.05) is 12.1 Å². The van der Waals surface area contributed by atoms with E-state index >= 15 is 0 Å². The summed E-state index contributed by atoms with van der Waals surface area (Å²) in [7, 11) is 0. The van der Waals surface area contributed by atoms with Crippen molar-refractivity contribution in [2.24, 2.45) is 0 Å². The maximum Gasteiger partial charge on any atom is 0.296 e. The number of thiophene rings is 1. The summed E-state index contributed by atoms with van der Waals surface area (Å²) in [6.07, 6.45) is 0. The van der Waals surface area contributed by atoms with E-state index in [4.69, 9.17) is 0 Å². The number of aliphatic hydroxyl groups excluding tert-OH is 1. The first kappa shape index (κ1) is 18.9. The first-order chi connectivity index (χ1) is 13.9. The van der Waals surface area contributed by atoms with Gasteiger partial charge in [-0.15, -0.1) is 21.5 Å². The van der Waals surface area contributed by atoms with Crippen molar-refractivity contribution in [2.45, 2.75) is 13.0 Å². The van der Waals surface area contributed by atoms with Gasteiger partial charge >= 0.3 is 0 Å². The van der Waals surface area contributed by atoms with Crippen molar-refractivity contribution in [1.29, 1.82) is 0 Å². The van der Waals surface area contributed by atoms with E-state index in [0.29, 0.717) is 15.4 Å². The Bertz CT molecular complexity index is 1170. The molecule has 1 atom stereocenters. The van der Waals surface area contributed by atoms with Gasteiger partial charge in [0.25, 0.3) is 11.6 Å². The molecule has 146 valence electrons. The minimum Gasteiger partial charge on any atom is -0.503 e. The number of aryl methyl sites for hydroxylation is 1. The van der Waals surface area contributed by atoms with Crippen LogP contribution < -0.4 is 4.90 Å². The zero-order chi connectivity index (χ0) is 20.7. The molecule has 0 aliphatic carbocycles. The molecule has 1 aromatic carbocycles. The Morgan fingerprint density at radius 1 is 1.28 bits per heavy atom. The molecule has 1 aliphatic rings. The van der Waals surface area contributed by atoms with Crippen molar-refractivity contribution in [3.63, 3.8) is 0 Å². The molecule has 0 saturated carbocycles. The van der Waals surface area contributed by atoms with Gasteiger partial charge in [-0.2, -0.15) is 0 Å². The Kier molecular flexibility index (Phi) is 4.68. The number of hydrogen-bond donors (Lipinski definition) is 1. The number of non-ortho nitro benzene ring substituents is 1. The van der Waals surface area contributed by atoms with Gasteiger partial charge in [-0.1, -0.05) is 29.5 Å². The molecule has 3 aromatic rings. The minimum atomic E-state index is -1.07. The van der Waals surface area contributed by atoms with Crippen LogP contribution in [-0.4, -0.2) is 31.9 Å². The number of ketones is 1. The van der Waals surface area contributed by atoms with Crippen LogP contribution in [0.25, 0.3) is 0 Å². The van der Waals surface area contributed by atoms with E-state index in [2.05, 4.69) is 10.2 Å². The molecule has 1 aliphatic heterocycles. The lowest BCUT2D eigenvalue weighted by atomic mass is 9.95. The van der Waals surface area contributed by atoms with Crippen LogP contribution in [0, 0.1) is 17.0 Å². The van der Waals surface area contributed by atoms with E-state index in [-0.39, 0.29) is 16.4 Å². The third kappa shape index (κ3) is 3.19. The fraction of sp³-hybridized carbons (Fsp3) is 0.111. The number of Topliss-reactive ketones (excluding diaryl/α,β-unsaturated/α-hetero) is 1. The molecule has 11 heteroatoms. The highest BCUT2D eigenvalue weighted by atomic mass is 32.1. The lowest BCUT2D eigenvalue weighted by Crippen LogP contribution is -2.31. The maximum atomic E-state index is 13.1. The van der Waals surface area contributed by atoms with Crippen molar-refractivity contribution in [2.75, 3.05) is 4.90 Å². The topological polar surface area (TPSA) is 127 Å². The van der Waals surface area contributed by atoms with Gasteiger partial charge in [0.2, 0.25) is 10.9 Å². The highest BCUT2D eigenvalue weighted by Gasteiger charge is 2.46. The number of benzene rings is 1. The standard InChI is InChI=1S/C18H12N4O5S2/c1-9-19-20-18(29-9)21-14(10-4-2-5-11(8-10)22(26)27)13(16(24)17(21)25)15(23)12-6-3-7-28-12/h2-8,14,24H,1H3/t14-/m1/s1. The van der Waals surface area contributed by atoms with Crippen LogP contribution in [0.4, 0.5) is 10.8 Å². The third-order valence-electron chi connectivity index (χ3n) is 4.32. The van der Waals surface area contributed by atoms with Crippen LogP contribution in [0.5, 0.6) is 0 Å². The van der Waals surface area contributed by atoms with Crippen LogP contribution in [0.2, 0.25) is 0 Å². The van der Waals surface area contributed by atoms with E-state index in [1.807, 2.05) is 0 Å². The van der Waals surface area contributed by atoms with Gasteiger partial charge in [-0.05, 0) is 23.9 Å². The average Bonchev–Trinajstić information content (AvgIpc) is 3.43. The molecule has 29 heavy (non-hydrogen) atoms. The second-order valence-electron chi connectivity index (χ2n) is 6.10. The number of aliphatic hydroxyl groups is 1. The lowest BCUT2D eigenvalue weighted by molar-refractivity contribution is -0.384. The summed E-state index contributed by atoms with van der Waals surface area (Å²) < 4.78 is 0. The first-order valence-electron chi connectivity index (χ1n) is 8.28. The van der Waals surface area contributed by atoms with Gasteiger partial charge < -0.3 is 5.11 Å². The minimum absolute atomic E-state index is 0.147. The molecule has 9 nitrogen and oxygen atoms in total. The van der Waals surface area contributed by atoms with Crippen molar-refractivity contribution in [1.82, 2.24) is 10.2 Å². The molecular weight excluding hydrogens is 416 g/mol. The van der Waals surface area contributed by atoms with E-state index in [1.165, 1.54) is 29.5 Å². The van der Waals surface area contributed by atoms with Gasteiger partial charge in [-0.25, -0.2) is 0 Å². The Balaban J connectivity index is 1.90. The van der Waals surface area contributed by atoms with Crippen LogP contribution in [0.1, 0.15) is 26.3 Å². The van der Waals surface area contributed by atoms with E-state index in [1.54, 1.807) is 30.5 Å². The number of nitrogens with zero attached hydrogens (tertiary/aromatic N) is 4. The van der Waals surface area contributed by atoms with Gasteiger partial charge in [0.1, 0.15) is 5.01 Å². The number of carbonyl (C=O) groups is 2. The summed E-state index contributed by atoms with van der Waals surface area (Å²) in [5.41, 5.74) is -0.0344. The summed E-state index contributed by atoms with van der Waals surface area (Å²) >= 11 is 2.28. The summed E-state index contributed by atoms with van der Waals surface area (Å²) in [5.74, 6) is -2.03. The Morgan fingerprint density at radius 3 is 2.69 bits per heavy atom. The fourth-order valence-electron chi connectivity index (χ4n) is 3.08. The monoisotopic (exact) mass is 428 g/mol. The Labute approximate surface area is 171 Å². The molecular formula is C18H12N4O5S2. The normalized spacial score (nSPS) is 16.5. The van der Waals surface area contributed by atoms with Crippen molar-refractivity contribution >= 4 is 45.2 Å². The predicted octanol–water partition coefficient (Wildman–Crippen LogP) is 3.60. The molecule has 3 heterocycles. The molecule has 4 rings (SSSR count). The summed E-state index contributed by atoms with van der Waals surface area (Å²) in [4.78, 5) is 38.1. The summed E-state index contributed by atoms with van der Waals surface area (Å²) in [5, 5.41) is 32.1. The quantitative estimate of drug-likeness (QED) is 0.374. The second kappa shape index (κ2) is 7.18. The van der Waals surface area contributed by atoms with Crippen LogP contribution in [0.15, 0.2) is 53.1 Å². The zero-order valence-corrected chi connectivity index (χ0v) is 16.4. The SMILES string of the molecule is Cc1nnc(N2C(=O)C(O)=C(C(=O)c3cccs3)[C@H]2c2cccc([N+](=O)[O-])c2)s1. The molecule has 2 aromatic heterocycles. The van der Waals surface area contributed by atoms with E-state index in [0.717, 1.165) is 16.2 Å². The highest BCUT2D eigenvalue weighted by molar-refractivity contribution is 7.15.